The average Bonchev–Trinajstić information content (AvgIpc) is 2.97. The lowest BCUT2D eigenvalue weighted by Gasteiger charge is -2.11. The van der Waals surface area contributed by atoms with Crippen molar-refractivity contribution in [2.24, 2.45) is 4.99 Å². The summed E-state index contributed by atoms with van der Waals surface area (Å²) in [5.41, 5.74) is 6.63. The number of halogens is 2. The zero-order chi connectivity index (χ0) is 16.7. The largest absolute Gasteiger partial charge is 0.277 e. The van der Waals surface area contributed by atoms with Crippen molar-refractivity contribution < 1.29 is 4.79 Å². The van der Waals surface area contributed by atoms with Gasteiger partial charge in [-0.05, 0) is 36.6 Å². The number of nitrogens with one attached hydrogen (secondary N) is 2. The second kappa shape index (κ2) is 9.40. The van der Waals surface area contributed by atoms with E-state index in [4.69, 9.17) is 23.2 Å². The molecule has 7 heteroatoms. The number of rotatable bonds is 6. The number of carbonyl (C=O) groups is 1. The van der Waals surface area contributed by atoms with E-state index in [1.54, 1.807) is 17.8 Å². The van der Waals surface area contributed by atoms with Crippen molar-refractivity contribution in [2.45, 2.75) is 44.3 Å². The van der Waals surface area contributed by atoms with Gasteiger partial charge in [-0.3, -0.25) is 20.6 Å². The summed E-state index contributed by atoms with van der Waals surface area (Å²) in [6.45, 7) is 2.81. The van der Waals surface area contributed by atoms with Crippen molar-refractivity contribution in [2.75, 3.05) is 6.54 Å². The summed E-state index contributed by atoms with van der Waals surface area (Å²) in [4.78, 5) is 16.1. The first-order valence-electron chi connectivity index (χ1n) is 7.78. The van der Waals surface area contributed by atoms with Gasteiger partial charge >= 0.3 is 0 Å². The minimum atomic E-state index is 0.00286. The van der Waals surface area contributed by atoms with Crippen LogP contribution in [0.1, 0.15) is 38.2 Å². The van der Waals surface area contributed by atoms with Gasteiger partial charge in [0.1, 0.15) is 0 Å². The fraction of sp³-hybridized carbons (Fsp3) is 0.500. The molecule has 1 heterocycles. The highest BCUT2D eigenvalue weighted by Crippen LogP contribution is 2.28. The van der Waals surface area contributed by atoms with E-state index in [-0.39, 0.29) is 5.91 Å². The smallest absolute Gasteiger partial charge is 0.238 e. The van der Waals surface area contributed by atoms with Crippen LogP contribution in [0.3, 0.4) is 0 Å². The van der Waals surface area contributed by atoms with Gasteiger partial charge in [-0.25, -0.2) is 0 Å². The van der Waals surface area contributed by atoms with Gasteiger partial charge in [0.2, 0.25) is 5.91 Å². The fourth-order valence-corrected chi connectivity index (χ4v) is 3.63. The highest BCUT2D eigenvalue weighted by Gasteiger charge is 2.21. The molecule has 0 unspecified atom stereocenters. The summed E-state index contributed by atoms with van der Waals surface area (Å²) in [6.07, 6.45) is 4.44. The molecule has 0 saturated heterocycles. The predicted molar refractivity (Wildman–Crippen MR) is 99.3 cm³/mol. The van der Waals surface area contributed by atoms with Gasteiger partial charge in [-0.2, -0.15) is 0 Å². The molecule has 0 fully saturated rings. The van der Waals surface area contributed by atoms with Gasteiger partial charge in [0, 0.05) is 21.7 Å². The normalized spacial score (nSPS) is 17.0. The third-order valence-corrected chi connectivity index (χ3v) is 5.20. The minimum absolute atomic E-state index is 0.00286. The maximum atomic E-state index is 11.7. The fourth-order valence-electron chi connectivity index (χ4n) is 2.26. The summed E-state index contributed by atoms with van der Waals surface area (Å²) < 4.78 is 0. The zero-order valence-electron chi connectivity index (χ0n) is 13.1. The second-order valence-corrected chi connectivity index (χ2v) is 7.59. The first kappa shape index (κ1) is 18.4. The summed E-state index contributed by atoms with van der Waals surface area (Å²) in [6, 6.07) is 5.49. The Hall–Kier alpha value is -0.910. The number of hydrogen-bond acceptors (Lipinski definition) is 4. The number of aliphatic imine (C=N–C) groups is 1. The maximum Gasteiger partial charge on any atom is 0.238 e. The summed E-state index contributed by atoms with van der Waals surface area (Å²) in [5, 5.41) is 2.45. The van der Waals surface area contributed by atoms with Crippen molar-refractivity contribution in [3.05, 3.63) is 33.8 Å². The van der Waals surface area contributed by atoms with Crippen LogP contribution in [0.15, 0.2) is 23.2 Å². The van der Waals surface area contributed by atoms with E-state index in [9.17, 15) is 4.79 Å². The number of thioether (sulfide) groups is 1. The Bertz CT molecular complexity index is 580. The molecule has 1 aromatic carbocycles. The van der Waals surface area contributed by atoms with Crippen LogP contribution in [0.4, 0.5) is 0 Å². The third-order valence-electron chi connectivity index (χ3n) is 3.49. The SMILES string of the molecule is CCCCCC(=O)NNC1=NC[C@H](Cc2cc(Cl)ccc2Cl)S1. The Kier molecular flexibility index (Phi) is 7.53. The van der Waals surface area contributed by atoms with Gasteiger partial charge in [0.05, 0.1) is 6.54 Å². The van der Waals surface area contributed by atoms with E-state index >= 15 is 0 Å². The Labute approximate surface area is 151 Å². The van der Waals surface area contributed by atoms with Gasteiger partial charge in [-0.15, -0.1) is 0 Å². The van der Waals surface area contributed by atoms with Crippen LogP contribution in [-0.4, -0.2) is 22.9 Å². The number of carbonyl (C=O) groups excluding carboxylic acids is 1. The lowest BCUT2D eigenvalue weighted by molar-refractivity contribution is -0.121. The maximum absolute atomic E-state index is 11.7. The lowest BCUT2D eigenvalue weighted by Crippen LogP contribution is -2.39. The quantitative estimate of drug-likeness (QED) is 0.579. The molecule has 1 aromatic rings. The van der Waals surface area contributed by atoms with Crippen LogP contribution in [-0.2, 0) is 11.2 Å². The molecular formula is C16H21Cl2N3OS. The molecule has 2 rings (SSSR count). The number of benzene rings is 1. The van der Waals surface area contributed by atoms with E-state index in [1.807, 2.05) is 12.1 Å². The van der Waals surface area contributed by atoms with Gasteiger partial charge in [0.25, 0.3) is 0 Å². The van der Waals surface area contributed by atoms with Crippen LogP contribution in [0.2, 0.25) is 10.0 Å². The summed E-state index contributed by atoms with van der Waals surface area (Å²) in [7, 11) is 0. The first-order valence-corrected chi connectivity index (χ1v) is 9.42. The second-order valence-electron chi connectivity index (χ2n) is 5.46. The van der Waals surface area contributed by atoms with Crippen LogP contribution in [0.5, 0.6) is 0 Å². The lowest BCUT2D eigenvalue weighted by atomic mass is 10.1. The monoisotopic (exact) mass is 373 g/mol. The molecular weight excluding hydrogens is 353 g/mol. The standard InChI is InChI=1S/C16H21Cl2N3OS/c1-2-3-4-5-15(22)20-21-16-19-10-13(23-16)9-11-8-12(17)6-7-14(11)18/h6-8,13H,2-5,9-10H2,1H3,(H,19,21)(H,20,22)/t13-/m0/s1. The molecule has 1 amide bonds. The van der Waals surface area contributed by atoms with Crippen LogP contribution < -0.4 is 10.9 Å². The molecule has 23 heavy (non-hydrogen) atoms. The zero-order valence-corrected chi connectivity index (χ0v) is 15.4. The number of unbranched alkanes of at least 4 members (excludes halogenated alkanes) is 2. The Morgan fingerprint density at radius 3 is 3.00 bits per heavy atom. The number of nitrogens with zero attached hydrogens (tertiary/aromatic N) is 1. The van der Waals surface area contributed by atoms with Crippen LogP contribution >= 0.6 is 35.0 Å². The molecule has 2 N–H and O–H groups in total. The van der Waals surface area contributed by atoms with E-state index in [0.29, 0.717) is 23.2 Å². The van der Waals surface area contributed by atoms with Crippen LogP contribution in [0.25, 0.3) is 0 Å². The predicted octanol–water partition coefficient (Wildman–Crippen LogP) is 4.21. The minimum Gasteiger partial charge on any atom is -0.277 e. The number of amides is 1. The molecule has 1 aliphatic rings. The van der Waals surface area contributed by atoms with Crippen LogP contribution in [0, 0.1) is 0 Å². The summed E-state index contributed by atoms with van der Waals surface area (Å²) >= 11 is 13.8. The molecule has 0 spiro atoms. The Balaban J connectivity index is 1.73. The molecule has 0 aliphatic carbocycles. The highest BCUT2D eigenvalue weighted by molar-refractivity contribution is 8.14. The van der Waals surface area contributed by atoms with Crippen molar-refractivity contribution >= 4 is 46.0 Å². The van der Waals surface area contributed by atoms with Crippen molar-refractivity contribution in [3.8, 4) is 0 Å². The van der Waals surface area contributed by atoms with Crippen molar-refractivity contribution in [1.82, 2.24) is 10.9 Å². The Morgan fingerprint density at radius 2 is 2.22 bits per heavy atom. The molecule has 0 aromatic heterocycles. The van der Waals surface area contributed by atoms with Crippen molar-refractivity contribution in [3.63, 3.8) is 0 Å². The van der Waals surface area contributed by atoms with E-state index in [1.165, 1.54) is 0 Å². The van der Waals surface area contributed by atoms with Gasteiger partial charge in [-0.1, -0.05) is 54.7 Å². The first-order chi connectivity index (χ1) is 11.1. The van der Waals surface area contributed by atoms with E-state index in [2.05, 4.69) is 22.8 Å². The highest BCUT2D eigenvalue weighted by atomic mass is 35.5. The molecule has 1 atom stereocenters. The van der Waals surface area contributed by atoms with E-state index < -0.39 is 0 Å². The Morgan fingerprint density at radius 1 is 1.39 bits per heavy atom. The average molecular weight is 374 g/mol. The molecule has 0 bridgehead atoms. The molecule has 1 aliphatic heterocycles. The third kappa shape index (κ3) is 6.24. The van der Waals surface area contributed by atoms with E-state index in [0.717, 1.165) is 41.4 Å². The molecule has 4 nitrogen and oxygen atoms in total. The number of hydrazine groups is 1. The molecule has 126 valence electrons. The van der Waals surface area contributed by atoms with Gasteiger partial charge < -0.3 is 0 Å². The number of amidine groups is 1. The van der Waals surface area contributed by atoms with Gasteiger partial charge in [0.15, 0.2) is 5.17 Å². The molecule has 0 saturated carbocycles. The number of hydrogen-bond donors (Lipinski definition) is 2. The molecule has 0 radical (unpaired) electrons. The topological polar surface area (TPSA) is 53.5 Å². The summed E-state index contributed by atoms with van der Waals surface area (Å²) in [5.74, 6) is 0.00286. The van der Waals surface area contributed by atoms with Crippen molar-refractivity contribution in [1.29, 1.82) is 0 Å².